The molecular weight excluding hydrogens is 522 g/mol. The predicted octanol–water partition coefficient (Wildman–Crippen LogP) is 5.39. The number of hydrogen-bond acceptors (Lipinski definition) is 6. The summed E-state index contributed by atoms with van der Waals surface area (Å²) in [5.74, 6) is 0.0893. The number of carbonyl (C=O) groups is 3. The maximum absolute atomic E-state index is 13.6. The zero-order chi connectivity index (χ0) is 28.3. The van der Waals surface area contributed by atoms with Crippen LogP contribution in [0.3, 0.4) is 0 Å². The quantitative estimate of drug-likeness (QED) is 0.354. The lowest BCUT2D eigenvalue weighted by Crippen LogP contribution is -2.52. The number of pyridine rings is 1. The molecule has 1 amide bonds. The monoisotopic (exact) mass is 551 g/mol. The van der Waals surface area contributed by atoms with E-state index in [1.165, 1.54) is 18.3 Å². The van der Waals surface area contributed by atoms with Gasteiger partial charge in [0.1, 0.15) is 17.1 Å². The van der Waals surface area contributed by atoms with Crippen molar-refractivity contribution < 1.29 is 29.0 Å². The molecule has 2 fully saturated rings. The van der Waals surface area contributed by atoms with Crippen LogP contribution in [0.4, 0.5) is 0 Å². The second-order valence-electron chi connectivity index (χ2n) is 11.2. The Morgan fingerprint density at radius 3 is 2.59 bits per heavy atom. The van der Waals surface area contributed by atoms with E-state index in [2.05, 4.69) is 15.7 Å². The average molecular weight is 552 g/mol. The van der Waals surface area contributed by atoms with Crippen LogP contribution in [0.1, 0.15) is 69.2 Å². The van der Waals surface area contributed by atoms with E-state index in [1.54, 1.807) is 25.3 Å². The molecule has 4 heterocycles. The summed E-state index contributed by atoms with van der Waals surface area (Å²) < 4.78 is 14.3. The van der Waals surface area contributed by atoms with Crippen LogP contribution in [0.5, 0.6) is 11.5 Å². The van der Waals surface area contributed by atoms with Crippen LogP contribution >= 0.6 is 0 Å². The number of amides is 1. The van der Waals surface area contributed by atoms with Gasteiger partial charge in [-0.1, -0.05) is 0 Å². The van der Waals surface area contributed by atoms with Gasteiger partial charge in [0.05, 0.1) is 35.9 Å². The zero-order valence-electron chi connectivity index (χ0n) is 22.6. The van der Waals surface area contributed by atoms with Crippen molar-refractivity contribution in [1.82, 2.24) is 14.5 Å². The van der Waals surface area contributed by atoms with E-state index in [4.69, 9.17) is 9.47 Å². The Kier molecular flexibility index (Phi) is 5.85. The molecule has 9 heteroatoms. The fraction of sp³-hybridized carbons (Fsp3) is 0.312. The van der Waals surface area contributed by atoms with Gasteiger partial charge in [0.15, 0.2) is 5.78 Å². The Balaban J connectivity index is 1.09. The summed E-state index contributed by atoms with van der Waals surface area (Å²) in [6.45, 7) is 0.963. The lowest BCUT2D eigenvalue weighted by atomic mass is 9.82. The van der Waals surface area contributed by atoms with E-state index in [0.29, 0.717) is 65.9 Å². The van der Waals surface area contributed by atoms with Crippen LogP contribution in [0.25, 0.3) is 22.2 Å². The summed E-state index contributed by atoms with van der Waals surface area (Å²) in [4.78, 5) is 44.4. The smallest absolute Gasteiger partial charge is 0.335 e. The van der Waals surface area contributed by atoms with E-state index in [9.17, 15) is 19.5 Å². The van der Waals surface area contributed by atoms with Crippen molar-refractivity contribution >= 4 is 28.6 Å². The first-order valence-corrected chi connectivity index (χ1v) is 13.9. The molecule has 0 unspecified atom stereocenters. The molecular formula is C32H29N3O6. The second kappa shape index (κ2) is 9.47. The molecule has 1 N–H and O–H groups in total. The fourth-order valence-electron chi connectivity index (χ4n) is 6.15. The molecule has 3 aliphatic rings. The maximum Gasteiger partial charge on any atom is 0.335 e. The molecule has 1 saturated heterocycles. The normalized spacial score (nSPS) is 17.8. The van der Waals surface area contributed by atoms with Crippen LogP contribution in [0.2, 0.25) is 0 Å². The number of aromatic carboxylic acids is 1. The topological polar surface area (TPSA) is 111 Å². The lowest BCUT2D eigenvalue weighted by Gasteiger charge is -2.44. The molecule has 0 atom stereocenters. The third-order valence-electron chi connectivity index (χ3n) is 8.56. The number of ether oxygens (including phenoxy) is 2. The number of ketones is 1. The molecule has 7 rings (SSSR count). The molecule has 2 aromatic heterocycles. The molecule has 0 radical (unpaired) electrons. The van der Waals surface area contributed by atoms with Crippen molar-refractivity contribution in [3.63, 3.8) is 0 Å². The molecule has 208 valence electrons. The Hall–Kier alpha value is -4.66. The highest BCUT2D eigenvalue weighted by Crippen LogP contribution is 2.42. The van der Waals surface area contributed by atoms with Crippen LogP contribution in [0.15, 0.2) is 60.9 Å². The van der Waals surface area contributed by atoms with Crippen molar-refractivity contribution in [1.29, 1.82) is 0 Å². The van der Waals surface area contributed by atoms with Gasteiger partial charge in [-0.25, -0.2) is 4.79 Å². The molecule has 2 aliphatic heterocycles. The molecule has 1 saturated carbocycles. The Morgan fingerprint density at radius 2 is 1.85 bits per heavy atom. The van der Waals surface area contributed by atoms with E-state index in [-0.39, 0.29) is 23.7 Å². The minimum absolute atomic E-state index is 0.0294. The molecule has 4 aromatic rings. The SMILES string of the molecule is COc1cc(C(=O)N2CCC3(CC2)CC(=O)c2cc(-c4cc(C(=O)O)ccn4)ccc2O3)cc2c1ccn2C1CC1. The van der Waals surface area contributed by atoms with E-state index in [1.807, 2.05) is 23.1 Å². The van der Waals surface area contributed by atoms with Gasteiger partial charge < -0.3 is 24.0 Å². The Bertz CT molecular complexity index is 1730. The van der Waals surface area contributed by atoms with Crippen molar-refractivity contribution in [3.05, 3.63) is 77.6 Å². The number of nitrogens with zero attached hydrogens (tertiary/aromatic N) is 3. The highest BCUT2D eigenvalue weighted by molar-refractivity contribution is 6.02. The number of carboxylic acid groups (broad SMARTS) is 1. The van der Waals surface area contributed by atoms with Crippen LogP contribution in [0, 0.1) is 0 Å². The summed E-state index contributed by atoms with van der Waals surface area (Å²) in [5, 5.41) is 10.3. The highest BCUT2D eigenvalue weighted by atomic mass is 16.5. The second-order valence-corrected chi connectivity index (χ2v) is 11.2. The zero-order valence-corrected chi connectivity index (χ0v) is 22.6. The molecule has 2 aromatic carbocycles. The minimum atomic E-state index is -1.04. The van der Waals surface area contributed by atoms with Crippen molar-refractivity contribution in [2.75, 3.05) is 20.2 Å². The van der Waals surface area contributed by atoms with Crippen LogP contribution in [-0.2, 0) is 0 Å². The standard InChI is InChI=1S/C32H29N3O6/c1-40-29-17-21(16-26-23(29)7-11-35(26)22-3-4-22)30(37)34-12-8-32(9-13-34)18-27(36)24-14-19(2-5-28(24)41-32)25-15-20(31(38)39)6-10-33-25/h2,5-7,10-11,14-17,22H,3-4,8-9,12-13,18H2,1H3,(H,38,39). The Morgan fingerprint density at radius 1 is 1.05 bits per heavy atom. The fourth-order valence-corrected chi connectivity index (χ4v) is 6.15. The van der Waals surface area contributed by atoms with E-state index >= 15 is 0 Å². The summed E-state index contributed by atoms with van der Waals surface area (Å²) in [7, 11) is 1.63. The van der Waals surface area contributed by atoms with Crippen molar-refractivity contribution in [3.8, 4) is 22.8 Å². The van der Waals surface area contributed by atoms with Gasteiger partial charge in [-0.15, -0.1) is 0 Å². The van der Waals surface area contributed by atoms with E-state index < -0.39 is 11.6 Å². The van der Waals surface area contributed by atoms with Gasteiger partial charge in [-0.05, 0) is 61.4 Å². The van der Waals surface area contributed by atoms with Gasteiger partial charge in [0.2, 0.25) is 0 Å². The molecule has 1 spiro atoms. The predicted molar refractivity (Wildman–Crippen MR) is 151 cm³/mol. The number of rotatable bonds is 5. The number of Topliss-reactive ketones (excluding diaryl/α,β-unsaturated/α-hetero) is 1. The first-order chi connectivity index (χ1) is 19.8. The van der Waals surface area contributed by atoms with Crippen LogP contribution in [-0.4, -0.2) is 63.0 Å². The number of fused-ring (bicyclic) bond motifs is 2. The first-order valence-electron chi connectivity index (χ1n) is 13.9. The van der Waals surface area contributed by atoms with Crippen LogP contribution < -0.4 is 9.47 Å². The molecule has 0 bridgehead atoms. The largest absolute Gasteiger partial charge is 0.496 e. The molecule has 9 nitrogen and oxygen atoms in total. The van der Waals surface area contributed by atoms with E-state index in [0.717, 1.165) is 23.7 Å². The number of aromatic nitrogens is 2. The summed E-state index contributed by atoms with van der Waals surface area (Å²) >= 11 is 0. The maximum atomic E-state index is 13.6. The van der Waals surface area contributed by atoms with Crippen molar-refractivity contribution in [2.45, 2.75) is 43.7 Å². The summed E-state index contributed by atoms with van der Waals surface area (Å²) in [5.41, 5.74) is 2.69. The summed E-state index contributed by atoms with van der Waals surface area (Å²) in [6, 6.07) is 14.5. The number of piperidine rings is 1. The number of likely N-dealkylation sites (tertiary alicyclic amines) is 1. The van der Waals surface area contributed by atoms with Gasteiger partial charge in [-0.3, -0.25) is 14.6 Å². The lowest BCUT2D eigenvalue weighted by molar-refractivity contribution is -0.00571. The number of benzene rings is 2. The number of methoxy groups -OCH3 is 1. The number of carbonyl (C=O) groups excluding carboxylic acids is 2. The minimum Gasteiger partial charge on any atom is -0.496 e. The number of carboxylic acids is 1. The van der Waals surface area contributed by atoms with Gasteiger partial charge in [0, 0.05) is 60.9 Å². The molecule has 41 heavy (non-hydrogen) atoms. The van der Waals surface area contributed by atoms with Crippen molar-refractivity contribution in [2.24, 2.45) is 0 Å². The third-order valence-corrected chi connectivity index (χ3v) is 8.56. The highest BCUT2D eigenvalue weighted by Gasteiger charge is 2.44. The van der Waals surface area contributed by atoms with Gasteiger partial charge in [-0.2, -0.15) is 0 Å². The van der Waals surface area contributed by atoms with Gasteiger partial charge in [0.25, 0.3) is 5.91 Å². The van der Waals surface area contributed by atoms with Gasteiger partial charge >= 0.3 is 5.97 Å². The third kappa shape index (κ3) is 4.41. The molecule has 1 aliphatic carbocycles. The Labute approximate surface area is 236 Å². The average Bonchev–Trinajstić information content (AvgIpc) is 3.74. The first kappa shape index (κ1) is 25.3. The number of hydrogen-bond donors (Lipinski definition) is 1. The summed E-state index contributed by atoms with van der Waals surface area (Å²) in [6.07, 6.45) is 7.14.